The Kier molecular flexibility index (Phi) is 8.89. The van der Waals surface area contributed by atoms with Crippen LogP contribution in [0.1, 0.15) is 32.7 Å². The molecule has 1 fully saturated rings. The van der Waals surface area contributed by atoms with E-state index < -0.39 is 0 Å². The molecule has 0 atom stereocenters. The highest BCUT2D eigenvalue weighted by Crippen LogP contribution is 2.35. The second-order valence-electron chi connectivity index (χ2n) is 9.69. The number of amides is 2. The average Bonchev–Trinajstić information content (AvgIpc) is 3.24. The number of carbonyl (C=O) groups excluding carboxylic acids is 2. The Morgan fingerprint density at radius 2 is 1.74 bits per heavy atom. The average molecular weight is 548 g/mol. The van der Waals surface area contributed by atoms with Crippen molar-refractivity contribution in [3.63, 3.8) is 0 Å². The van der Waals surface area contributed by atoms with Gasteiger partial charge in [-0.2, -0.15) is 0 Å². The van der Waals surface area contributed by atoms with E-state index in [1.165, 1.54) is 0 Å². The largest absolute Gasteiger partial charge is 0.396 e. The zero-order valence-corrected chi connectivity index (χ0v) is 23.1. The summed E-state index contributed by atoms with van der Waals surface area (Å²) in [5, 5.41) is 12.6. The van der Waals surface area contributed by atoms with E-state index in [0.717, 1.165) is 39.1 Å². The monoisotopic (exact) mass is 547 g/mol. The lowest BCUT2D eigenvalue weighted by Gasteiger charge is -2.35. The number of rotatable bonds is 7. The van der Waals surface area contributed by atoms with E-state index in [9.17, 15) is 9.59 Å². The lowest BCUT2D eigenvalue weighted by Crippen LogP contribution is -2.49. The standard InChI is InChI=1S/C30H33N5O3.ClH/c1-21-9-11-25-24(19-21)27(28(33(25)2)22-7-4-3-5-8-22)30(38)35-16-14-34(15-17-35)26-12-10-23(20-32-26)29(37)31-13-6-18-36;/h3-5,7-12,19-20,36H,6,13-18H2,1-2H3,(H,31,37);1H. The van der Waals surface area contributed by atoms with Gasteiger partial charge in [0, 0.05) is 63.5 Å². The van der Waals surface area contributed by atoms with Crippen LogP contribution in [0.4, 0.5) is 5.82 Å². The summed E-state index contributed by atoms with van der Waals surface area (Å²) >= 11 is 0. The molecule has 2 N–H and O–H groups in total. The van der Waals surface area contributed by atoms with Crippen LogP contribution in [0.5, 0.6) is 0 Å². The van der Waals surface area contributed by atoms with Crippen LogP contribution in [-0.4, -0.2) is 70.7 Å². The van der Waals surface area contributed by atoms with Crippen LogP contribution in [0.15, 0.2) is 66.9 Å². The number of aliphatic hydroxyl groups excluding tert-OH is 1. The minimum absolute atomic E-state index is 0. The normalized spacial score (nSPS) is 13.3. The molecule has 39 heavy (non-hydrogen) atoms. The van der Waals surface area contributed by atoms with Gasteiger partial charge in [-0.05, 0) is 43.2 Å². The van der Waals surface area contributed by atoms with E-state index in [-0.39, 0.29) is 30.8 Å². The van der Waals surface area contributed by atoms with Crippen LogP contribution in [0.3, 0.4) is 0 Å². The number of nitrogens with one attached hydrogen (secondary N) is 1. The third-order valence-corrected chi connectivity index (χ3v) is 7.14. The second kappa shape index (κ2) is 12.3. The summed E-state index contributed by atoms with van der Waals surface area (Å²) in [4.78, 5) is 34.8. The SMILES string of the molecule is Cc1ccc2c(c1)c(C(=O)N1CCN(c3ccc(C(=O)NCCCO)cn3)CC1)c(-c1ccccc1)n2C.Cl. The van der Waals surface area contributed by atoms with Crippen molar-refractivity contribution in [2.24, 2.45) is 7.05 Å². The molecule has 0 aliphatic carbocycles. The smallest absolute Gasteiger partial charge is 0.256 e. The number of aliphatic hydroxyl groups is 1. The molecule has 1 aliphatic rings. The van der Waals surface area contributed by atoms with Gasteiger partial charge in [0.05, 0.1) is 16.8 Å². The van der Waals surface area contributed by atoms with E-state index in [0.29, 0.717) is 44.7 Å². The summed E-state index contributed by atoms with van der Waals surface area (Å²) in [6.45, 7) is 5.00. The number of hydrogen-bond donors (Lipinski definition) is 2. The summed E-state index contributed by atoms with van der Waals surface area (Å²) in [5.41, 5.74) is 5.36. The van der Waals surface area contributed by atoms with Crippen LogP contribution in [0.2, 0.25) is 0 Å². The predicted molar refractivity (Wildman–Crippen MR) is 157 cm³/mol. The van der Waals surface area contributed by atoms with Gasteiger partial charge >= 0.3 is 0 Å². The highest BCUT2D eigenvalue weighted by Gasteiger charge is 2.29. The lowest BCUT2D eigenvalue weighted by atomic mass is 10.0. The fourth-order valence-electron chi connectivity index (χ4n) is 5.10. The summed E-state index contributed by atoms with van der Waals surface area (Å²) < 4.78 is 2.12. The fourth-order valence-corrected chi connectivity index (χ4v) is 5.10. The van der Waals surface area contributed by atoms with Crippen LogP contribution in [-0.2, 0) is 7.05 Å². The van der Waals surface area contributed by atoms with Crippen LogP contribution in [0.25, 0.3) is 22.2 Å². The number of nitrogens with zero attached hydrogens (tertiary/aromatic N) is 4. The molecule has 3 heterocycles. The number of aromatic nitrogens is 2. The molecule has 4 aromatic rings. The molecule has 2 aromatic heterocycles. The van der Waals surface area contributed by atoms with Gasteiger partial charge in [0.2, 0.25) is 0 Å². The first-order chi connectivity index (χ1) is 18.5. The Hall–Kier alpha value is -3.88. The molecular weight excluding hydrogens is 514 g/mol. The topological polar surface area (TPSA) is 90.7 Å². The first-order valence-corrected chi connectivity index (χ1v) is 13.0. The van der Waals surface area contributed by atoms with Gasteiger partial charge in [-0.15, -0.1) is 12.4 Å². The van der Waals surface area contributed by atoms with Gasteiger partial charge < -0.3 is 24.8 Å². The molecule has 1 aliphatic heterocycles. The highest BCUT2D eigenvalue weighted by atomic mass is 35.5. The summed E-state index contributed by atoms with van der Waals surface area (Å²) in [6.07, 6.45) is 2.09. The molecule has 0 saturated carbocycles. The van der Waals surface area contributed by atoms with Gasteiger partial charge in [-0.1, -0.05) is 42.0 Å². The van der Waals surface area contributed by atoms with Gasteiger partial charge in [0.1, 0.15) is 5.82 Å². The molecule has 1 saturated heterocycles. The molecule has 2 aromatic carbocycles. The van der Waals surface area contributed by atoms with Gasteiger partial charge in [-0.25, -0.2) is 4.98 Å². The zero-order chi connectivity index (χ0) is 26.6. The van der Waals surface area contributed by atoms with Crippen molar-refractivity contribution < 1.29 is 14.7 Å². The number of aryl methyl sites for hydroxylation is 2. The van der Waals surface area contributed by atoms with E-state index >= 15 is 0 Å². The van der Waals surface area contributed by atoms with Crippen LogP contribution >= 0.6 is 12.4 Å². The fraction of sp³-hybridized carbons (Fsp3) is 0.300. The van der Waals surface area contributed by atoms with Crippen molar-refractivity contribution >= 4 is 40.9 Å². The molecule has 0 radical (unpaired) electrons. The number of anilines is 1. The third kappa shape index (κ3) is 5.77. The number of halogens is 1. The molecule has 0 spiro atoms. The summed E-state index contributed by atoms with van der Waals surface area (Å²) in [6, 6.07) is 20.0. The van der Waals surface area contributed by atoms with Crippen LogP contribution < -0.4 is 10.2 Å². The molecule has 9 heteroatoms. The Balaban J connectivity index is 0.00000353. The molecule has 8 nitrogen and oxygen atoms in total. The lowest BCUT2D eigenvalue weighted by molar-refractivity contribution is 0.0748. The van der Waals surface area contributed by atoms with Crippen molar-refractivity contribution in [1.82, 2.24) is 19.8 Å². The minimum Gasteiger partial charge on any atom is -0.396 e. The van der Waals surface area contributed by atoms with Gasteiger partial charge in [0.25, 0.3) is 11.8 Å². The summed E-state index contributed by atoms with van der Waals surface area (Å²) in [5.74, 6) is 0.629. The van der Waals surface area contributed by atoms with Crippen molar-refractivity contribution in [1.29, 1.82) is 0 Å². The number of pyridine rings is 1. The maximum absolute atomic E-state index is 14.0. The van der Waals surface area contributed by atoms with Crippen molar-refractivity contribution in [3.8, 4) is 11.3 Å². The predicted octanol–water partition coefficient (Wildman–Crippen LogP) is 4.05. The number of fused-ring (bicyclic) bond motifs is 1. The van der Waals surface area contributed by atoms with Crippen LogP contribution in [0, 0.1) is 6.92 Å². The maximum Gasteiger partial charge on any atom is 0.256 e. The minimum atomic E-state index is -0.201. The summed E-state index contributed by atoms with van der Waals surface area (Å²) in [7, 11) is 2.02. The highest BCUT2D eigenvalue weighted by molar-refractivity contribution is 6.13. The Labute approximate surface area is 234 Å². The number of piperazine rings is 1. The molecular formula is C30H34ClN5O3. The Morgan fingerprint density at radius 3 is 2.41 bits per heavy atom. The molecule has 5 rings (SSSR count). The van der Waals surface area contributed by atoms with E-state index in [4.69, 9.17) is 5.11 Å². The number of hydrogen-bond acceptors (Lipinski definition) is 5. The maximum atomic E-state index is 14.0. The van der Waals surface area contributed by atoms with Gasteiger partial charge in [-0.3, -0.25) is 9.59 Å². The number of benzene rings is 2. The zero-order valence-electron chi connectivity index (χ0n) is 22.3. The van der Waals surface area contributed by atoms with Crippen molar-refractivity contribution in [2.75, 3.05) is 44.2 Å². The first-order valence-electron chi connectivity index (χ1n) is 13.0. The van der Waals surface area contributed by atoms with E-state index in [1.807, 2.05) is 36.2 Å². The first kappa shape index (κ1) is 28.1. The molecule has 2 amide bonds. The molecule has 0 unspecified atom stereocenters. The Morgan fingerprint density at radius 1 is 1.00 bits per heavy atom. The van der Waals surface area contributed by atoms with E-state index in [1.54, 1.807) is 12.3 Å². The Bertz CT molecular complexity index is 1450. The molecule has 0 bridgehead atoms. The van der Waals surface area contributed by atoms with Crippen molar-refractivity contribution in [3.05, 3.63) is 83.6 Å². The quantitative estimate of drug-likeness (QED) is 0.341. The third-order valence-electron chi connectivity index (χ3n) is 7.14. The van der Waals surface area contributed by atoms with Crippen molar-refractivity contribution in [2.45, 2.75) is 13.3 Å². The van der Waals surface area contributed by atoms with Gasteiger partial charge in [0.15, 0.2) is 0 Å². The number of carbonyl (C=O) groups is 2. The second-order valence-corrected chi connectivity index (χ2v) is 9.69. The molecule has 204 valence electrons. The van der Waals surface area contributed by atoms with E-state index in [2.05, 4.69) is 57.0 Å².